The Balaban J connectivity index is 2.07. The van der Waals surface area contributed by atoms with Crippen LogP contribution in [0.15, 0.2) is 54.6 Å². The molecule has 0 radical (unpaired) electrons. The molecule has 0 bridgehead atoms. The topological polar surface area (TPSA) is 58.6 Å². The highest BCUT2D eigenvalue weighted by Crippen LogP contribution is 2.18. The van der Waals surface area contributed by atoms with Gasteiger partial charge in [0.25, 0.3) is 0 Å². The second kappa shape index (κ2) is 12.3. The van der Waals surface area contributed by atoms with Crippen LogP contribution in [0.25, 0.3) is 0 Å². The van der Waals surface area contributed by atoms with Gasteiger partial charge in [0.15, 0.2) is 0 Å². The van der Waals surface area contributed by atoms with Gasteiger partial charge < -0.3 is 15.0 Å². The van der Waals surface area contributed by atoms with Crippen LogP contribution >= 0.6 is 11.8 Å². The molecule has 0 saturated heterocycles. The van der Waals surface area contributed by atoms with Crippen molar-refractivity contribution in [2.75, 3.05) is 12.9 Å². The summed E-state index contributed by atoms with van der Waals surface area (Å²) < 4.78 is 5.21. The van der Waals surface area contributed by atoms with E-state index in [0.717, 1.165) is 23.5 Å². The number of hydrogen-bond donors (Lipinski definition) is 1. The minimum atomic E-state index is -0.550. The molecule has 0 spiro atoms. The lowest BCUT2D eigenvalue weighted by Gasteiger charge is -2.29. The maximum Gasteiger partial charge on any atom is 0.242 e. The molecule has 0 aliphatic rings. The number of rotatable bonds is 11. The molecule has 2 aromatic carbocycles. The largest absolute Gasteiger partial charge is 0.497 e. The van der Waals surface area contributed by atoms with Crippen LogP contribution in [0.3, 0.4) is 0 Å². The fraction of sp³-hybridized carbons (Fsp3) is 0.417. The lowest BCUT2D eigenvalue weighted by molar-refractivity contribution is -0.138. The normalized spacial score (nSPS) is 12.7. The number of amides is 2. The molecule has 2 aromatic rings. The van der Waals surface area contributed by atoms with E-state index in [4.69, 9.17) is 4.74 Å². The van der Waals surface area contributed by atoms with E-state index in [0.29, 0.717) is 12.3 Å². The zero-order valence-corrected chi connectivity index (χ0v) is 19.1. The van der Waals surface area contributed by atoms with Gasteiger partial charge in [0.1, 0.15) is 11.8 Å². The van der Waals surface area contributed by atoms with Gasteiger partial charge in [-0.1, -0.05) is 49.4 Å². The van der Waals surface area contributed by atoms with E-state index in [9.17, 15) is 9.59 Å². The highest BCUT2D eigenvalue weighted by Gasteiger charge is 2.26. The smallest absolute Gasteiger partial charge is 0.242 e. The van der Waals surface area contributed by atoms with Gasteiger partial charge in [-0.25, -0.2) is 0 Å². The van der Waals surface area contributed by atoms with Gasteiger partial charge in [-0.05, 0) is 43.5 Å². The van der Waals surface area contributed by atoms with E-state index in [-0.39, 0.29) is 17.9 Å². The lowest BCUT2D eigenvalue weighted by Crippen LogP contribution is -2.50. The van der Waals surface area contributed by atoms with Gasteiger partial charge in [0.05, 0.1) is 12.9 Å². The summed E-state index contributed by atoms with van der Waals surface area (Å²) in [6.45, 7) is 6.16. The summed E-state index contributed by atoms with van der Waals surface area (Å²) in [6, 6.07) is 17.2. The van der Waals surface area contributed by atoms with E-state index in [1.165, 1.54) is 5.56 Å². The summed E-state index contributed by atoms with van der Waals surface area (Å²) >= 11 is 1.56. The van der Waals surface area contributed by atoms with Gasteiger partial charge in [0, 0.05) is 18.3 Å². The van der Waals surface area contributed by atoms with Crippen molar-refractivity contribution in [2.45, 2.75) is 51.6 Å². The molecule has 2 rings (SSSR count). The number of ether oxygens (including phenoxy) is 1. The molecule has 0 unspecified atom stereocenters. The molecule has 30 heavy (non-hydrogen) atoms. The fourth-order valence-corrected chi connectivity index (χ4v) is 3.76. The van der Waals surface area contributed by atoms with E-state index < -0.39 is 6.04 Å². The average molecular weight is 429 g/mol. The Labute approximate surface area is 184 Å². The van der Waals surface area contributed by atoms with Crippen molar-refractivity contribution >= 4 is 23.6 Å². The second-order valence-electron chi connectivity index (χ2n) is 7.34. The number of carbonyl (C=O) groups is 2. The zero-order chi connectivity index (χ0) is 21.9. The van der Waals surface area contributed by atoms with Crippen LogP contribution in [0.2, 0.25) is 0 Å². The standard InChI is InChI=1S/C24H32N2O3S/c1-5-18(2)25-24(28)19(3)26(15-20-11-13-22(29-4)14-12-20)23(27)17-30-16-21-9-7-6-8-10-21/h6-14,18-19H,5,15-17H2,1-4H3,(H,25,28)/t18-,19+/m0/s1. The summed E-state index contributed by atoms with van der Waals surface area (Å²) in [6.07, 6.45) is 0.845. The SMILES string of the molecule is CC[C@H](C)NC(=O)[C@@H](C)N(Cc1ccc(OC)cc1)C(=O)CSCc1ccccc1. The molecule has 2 amide bonds. The predicted molar refractivity (Wildman–Crippen MR) is 124 cm³/mol. The Hall–Kier alpha value is -2.47. The third-order valence-corrected chi connectivity index (χ3v) is 6.01. The Morgan fingerprint density at radius 3 is 2.30 bits per heavy atom. The zero-order valence-electron chi connectivity index (χ0n) is 18.3. The van der Waals surface area contributed by atoms with Gasteiger partial charge in [-0.15, -0.1) is 11.8 Å². The molecule has 6 heteroatoms. The number of nitrogens with one attached hydrogen (secondary N) is 1. The molecular formula is C24H32N2O3S. The number of hydrogen-bond acceptors (Lipinski definition) is 4. The van der Waals surface area contributed by atoms with Crippen molar-refractivity contribution in [1.29, 1.82) is 0 Å². The fourth-order valence-electron chi connectivity index (χ4n) is 2.89. The molecule has 0 fully saturated rings. The maximum atomic E-state index is 13.1. The number of benzene rings is 2. The quantitative estimate of drug-likeness (QED) is 0.581. The van der Waals surface area contributed by atoms with Crippen LogP contribution in [-0.2, 0) is 21.9 Å². The average Bonchev–Trinajstić information content (AvgIpc) is 2.77. The highest BCUT2D eigenvalue weighted by atomic mass is 32.2. The van der Waals surface area contributed by atoms with Crippen molar-refractivity contribution in [3.05, 3.63) is 65.7 Å². The highest BCUT2D eigenvalue weighted by molar-refractivity contribution is 7.99. The number of thioether (sulfide) groups is 1. The second-order valence-corrected chi connectivity index (χ2v) is 8.33. The molecule has 0 heterocycles. The number of carbonyl (C=O) groups excluding carboxylic acids is 2. The van der Waals surface area contributed by atoms with E-state index in [1.54, 1.807) is 30.7 Å². The summed E-state index contributed by atoms with van der Waals surface area (Å²) in [5.41, 5.74) is 2.14. The summed E-state index contributed by atoms with van der Waals surface area (Å²) in [5.74, 6) is 1.68. The van der Waals surface area contributed by atoms with Crippen LogP contribution < -0.4 is 10.1 Å². The lowest BCUT2D eigenvalue weighted by atomic mass is 10.1. The first-order chi connectivity index (χ1) is 14.4. The molecule has 0 aliphatic heterocycles. The van der Waals surface area contributed by atoms with Crippen molar-refractivity contribution < 1.29 is 14.3 Å². The molecule has 0 saturated carbocycles. The van der Waals surface area contributed by atoms with E-state index >= 15 is 0 Å². The van der Waals surface area contributed by atoms with Gasteiger partial charge in [-0.2, -0.15) is 0 Å². The monoisotopic (exact) mass is 428 g/mol. The summed E-state index contributed by atoms with van der Waals surface area (Å²) in [5, 5.41) is 2.99. The molecule has 162 valence electrons. The molecular weight excluding hydrogens is 396 g/mol. The van der Waals surface area contributed by atoms with Crippen LogP contribution in [0, 0.1) is 0 Å². The summed E-state index contributed by atoms with van der Waals surface area (Å²) in [4.78, 5) is 27.4. The predicted octanol–water partition coefficient (Wildman–Crippen LogP) is 4.26. The molecule has 5 nitrogen and oxygen atoms in total. The first-order valence-electron chi connectivity index (χ1n) is 10.3. The maximum absolute atomic E-state index is 13.1. The van der Waals surface area contributed by atoms with Crippen molar-refractivity contribution in [1.82, 2.24) is 10.2 Å². The molecule has 1 N–H and O–H groups in total. The van der Waals surface area contributed by atoms with Crippen LogP contribution in [0.5, 0.6) is 5.75 Å². The first kappa shape index (κ1) is 23.8. The molecule has 0 aromatic heterocycles. The third kappa shape index (κ3) is 7.41. The van der Waals surface area contributed by atoms with E-state index in [1.807, 2.05) is 56.3 Å². The van der Waals surface area contributed by atoms with Gasteiger partial charge in [-0.3, -0.25) is 9.59 Å². The molecule has 2 atom stereocenters. The van der Waals surface area contributed by atoms with Gasteiger partial charge >= 0.3 is 0 Å². The molecule has 0 aliphatic carbocycles. The van der Waals surface area contributed by atoms with Crippen molar-refractivity contribution in [2.24, 2.45) is 0 Å². The minimum absolute atomic E-state index is 0.0430. The van der Waals surface area contributed by atoms with Crippen LogP contribution in [0.1, 0.15) is 38.3 Å². The Morgan fingerprint density at radius 1 is 1.03 bits per heavy atom. The van der Waals surface area contributed by atoms with Gasteiger partial charge in [0.2, 0.25) is 11.8 Å². The first-order valence-corrected chi connectivity index (χ1v) is 11.4. The van der Waals surface area contributed by atoms with Crippen molar-refractivity contribution in [3.8, 4) is 5.75 Å². The van der Waals surface area contributed by atoms with Crippen molar-refractivity contribution in [3.63, 3.8) is 0 Å². The summed E-state index contributed by atoms with van der Waals surface area (Å²) in [7, 11) is 1.62. The van der Waals surface area contributed by atoms with Crippen LogP contribution in [0.4, 0.5) is 0 Å². The third-order valence-electron chi connectivity index (χ3n) is 5.02. The Morgan fingerprint density at radius 2 is 1.70 bits per heavy atom. The number of methoxy groups -OCH3 is 1. The van der Waals surface area contributed by atoms with Crippen LogP contribution in [-0.4, -0.2) is 41.7 Å². The Bertz CT molecular complexity index is 796. The Kier molecular flexibility index (Phi) is 9.74. The number of nitrogens with zero attached hydrogens (tertiary/aromatic N) is 1. The minimum Gasteiger partial charge on any atom is -0.497 e. The van der Waals surface area contributed by atoms with E-state index in [2.05, 4.69) is 17.4 Å².